The molecule has 2 aromatic rings. The summed E-state index contributed by atoms with van der Waals surface area (Å²) in [5, 5.41) is 2.39. The van der Waals surface area contributed by atoms with Gasteiger partial charge in [-0.3, -0.25) is 28.9 Å². The Morgan fingerprint density at radius 3 is 2.20 bits per heavy atom. The third-order valence-corrected chi connectivity index (χ3v) is 9.96. The topological polar surface area (TPSA) is 115 Å². The number of benzene rings is 1. The first-order valence-corrected chi connectivity index (χ1v) is 15.7. The molecule has 10 nitrogen and oxygen atoms in total. The van der Waals surface area contributed by atoms with E-state index in [9.17, 15) is 14.4 Å². The maximum Gasteiger partial charge on any atom is 0.329 e. The number of imide groups is 1. The number of rotatable bonds is 7. The van der Waals surface area contributed by atoms with Crippen molar-refractivity contribution in [2.24, 2.45) is 18.7 Å². The van der Waals surface area contributed by atoms with E-state index in [-0.39, 0.29) is 18.0 Å². The molecule has 1 unspecified atom stereocenters. The van der Waals surface area contributed by atoms with Crippen LogP contribution in [-0.2, 0) is 27.9 Å². The molecule has 1 aromatic heterocycles. The van der Waals surface area contributed by atoms with Gasteiger partial charge in [0.25, 0.3) is 0 Å². The maximum absolute atomic E-state index is 13.2. The molecular formula is C31H46N6O4. The Kier molecular flexibility index (Phi) is 8.62. The van der Waals surface area contributed by atoms with Crippen molar-refractivity contribution in [3.05, 3.63) is 34.2 Å². The maximum atomic E-state index is 13.2. The fraction of sp³-hybridized carbons (Fsp3) is 0.710. The van der Waals surface area contributed by atoms with Crippen molar-refractivity contribution in [3.8, 4) is 0 Å². The zero-order chi connectivity index (χ0) is 28.5. The molecule has 3 saturated heterocycles. The predicted octanol–water partition coefficient (Wildman–Crippen LogP) is 2.28. The van der Waals surface area contributed by atoms with E-state index < -0.39 is 11.9 Å². The number of aryl methyl sites for hydroxylation is 1. The van der Waals surface area contributed by atoms with Crippen molar-refractivity contribution in [3.63, 3.8) is 0 Å². The molecule has 41 heavy (non-hydrogen) atoms. The Morgan fingerprint density at radius 2 is 1.54 bits per heavy atom. The van der Waals surface area contributed by atoms with Crippen molar-refractivity contribution < 1.29 is 14.3 Å². The Balaban J connectivity index is 1.01. The van der Waals surface area contributed by atoms with E-state index in [2.05, 4.69) is 21.2 Å². The summed E-state index contributed by atoms with van der Waals surface area (Å²) >= 11 is 0. The molecule has 1 atom stereocenters. The summed E-state index contributed by atoms with van der Waals surface area (Å²) in [5.41, 5.74) is 8.56. The number of nitrogens with one attached hydrogen (secondary N) is 1. The van der Waals surface area contributed by atoms with Gasteiger partial charge < -0.3 is 15.4 Å². The van der Waals surface area contributed by atoms with Crippen LogP contribution >= 0.6 is 0 Å². The average molecular weight is 567 g/mol. The summed E-state index contributed by atoms with van der Waals surface area (Å²) in [6, 6.07) is 5.70. The number of nitrogens with zero attached hydrogens (tertiary/aromatic N) is 4. The van der Waals surface area contributed by atoms with E-state index >= 15 is 0 Å². The highest BCUT2D eigenvalue weighted by Crippen LogP contribution is 2.29. The number of imidazole rings is 1. The van der Waals surface area contributed by atoms with Gasteiger partial charge in [-0.15, -0.1) is 0 Å². The summed E-state index contributed by atoms with van der Waals surface area (Å²) in [4.78, 5) is 42.6. The van der Waals surface area contributed by atoms with E-state index in [4.69, 9.17) is 10.5 Å². The molecule has 6 rings (SSSR count). The fourth-order valence-corrected chi connectivity index (χ4v) is 7.56. The van der Waals surface area contributed by atoms with Gasteiger partial charge in [0.1, 0.15) is 6.04 Å². The average Bonchev–Trinajstić information content (AvgIpc) is 3.22. The van der Waals surface area contributed by atoms with Crippen LogP contribution in [0.25, 0.3) is 11.0 Å². The minimum atomic E-state index is -0.662. The zero-order valence-corrected chi connectivity index (χ0v) is 24.4. The second-order valence-electron chi connectivity index (χ2n) is 12.9. The molecule has 2 amide bonds. The summed E-state index contributed by atoms with van der Waals surface area (Å²) < 4.78 is 9.81. The number of carbonyl (C=O) groups is 2. The highest BCUT2D eigenvalue weighted by Gasteiger charge is 2.32. The van der Waals surface area contributed by atoms with Crippen LogP contribution in [0.4, 0.5) is 0 Å². The lowest BCUT2D eigenvalue weighted by Crippen LogP contribution is -2.44. The van der Waals surface area contributed by atoms with E-state index in [0.29, 0.717) is 24.7 Å². The molecule has 0 bridgehead atoms. The summed E-state index contributed by atoms with van der Waals surface area (Å²) in [6.07, 6.45) is 10.5. The SMILES string of the molecule is Cn1c(=O)n(C2CCC(=O)NC2=O)c2cccc(CN3CCC(OC4CCN(CC5CCC(N)CC5)CC4)CC3)c21. The number of para-hydroxylation sites is 1. The molecule has 1 saturated carbocycles. The predicted molar refractivity (Wildman–Crippen MR) is 157 cm³/mol. The second-order valence-corrected chi connectivity index (χ2v) is 12.9. The van der Waals surface area contributed by atoms with Crippen LogP contribution in [0.3, 0.4) is 0 Å². The number of aromatic nitrogens is 2. The Labute approximate surface area is 242 Å². The van der Waals surface area contributed by atoms with E-state index in [1.807, 2.05) is 12.1 Å². The van der Waals surface area contributed by atoms with Crippen molar-refractivity contribution in [2.75, 3.05) is 32.7 Å². The van der Waals surface area contributed by atoms with Crippen LogP contribution in [0.1, 0.15) is 75.8 Å². The molecule has 4 aliphatic rings. The number of carbonyl (C=O) groups excluding carboxylic acids is 2. The summed E-state index contributed by atoms with van der Waals surface area (Å²) in [6.45, 7) is 6.20. The molecule has 1 aliphatic carbocycles. The third-order valence-electron chi connectivity index (χ3n) is 9.96. The molecule has 3 aliphatic heterocycles. The Morgan fingerprint density at radius 1 is 0.878 bits per heavy atom. The minimum absolute atomic E-state index is 0.219. The monoisotopic (exact) mass is 566 g/mol. The van der Waals surface area contributed by atoms with Crippen molar-refractivity contribution in [2.45, 2.75) is 95.0 Å². The number of nitrogens with two attached hydrogens (primary N) is 1. The lowest BCUT2D eigenvalue weighted by molar-refractivity contribution is -0.135. The van der Waals surface area contributed by atoms with Crippen molar-refractivity contribution >= 4 is 22.8 Å². The van der Waals surface area contributed by atoms with Gasteiger partial charge in [-0.2, -0.15) is 0 Å². The van der Waals surface area contributed by atoms with Gasteiger partial charge >= 0.3 is 5.69 Å². The van der Waals surface area contributed by atoms with Crippen LogP contribution in [0, 0.1) is 5.92 Å². The van der Waals surface area contributed by atoms with Gasteiger partial charge in [-0.1, -0.05) is 12.1 Å². The number of amides is 2. The number of hydrogen-bond acceptors (Lipinski definition) is 7. The smallest absolute Gasteiger partial charge is 0.329 e. The number of fused-ring (bicyclic) bond motifs is 1. The van der Waals surface area contributed by atoms with Gasteiger partial charge in [0.2, 0.25) is 11.8 Å². The molecule has 0 radical (unpaired) electrons. The molecule has 10 heteroatoms. The number of hydrogen-bond donors (Lipinski definition) is 2. The number of likely N-dealkylation sites (tertiary alicyclic amines) is 2. The molecule has 224 valence electrons. The number of piperidine rings is 3. The second kappa shape index (κ2) is 12.4. The van der Waals surface area contributed by atoms with E-state index in [1.54, 1.807) is 16.2 Å². The zero-order valence-electron chi connectivity index (χ0n) is 24.4. The van der Waals surface area contributed by atoms with Gasteiger partial charge in [0, 0.05) is 58.8 Å². The van der Waals surface area contributed by atoms with Gasteiger partial charge in [0.15, 0.2) is 0 Å². The van der Waals surface area contributed by atoms with Crippen LogP contribution in [0.15, 0.2) is 23.0 Å². The first-order chi connectivity index (χ1) is 19.9. The standard InChI is InChI=1S/C31H46N6O4/c1-34-29-22(3-2-4-26(29)37(31(34)40)27-9-10-28(38)33-30(27)39)20-36-17-13-25(14-18-36)41-24-11-15-35(16-12-24)19-21-5-7-23(32)8-6-21/h2-4,21,23-25,27H,5-20,32H2,1H3,(H,33,38,39). The Hall–Kier alpha value is -2.53. The highest BCUT2D eigenvalue weighted by molar-refractivity contribution is 6.00. The van der Waals surface area contributed by atoms with Crippen LogP contribution in [-0.4, -0.2) is 81.7 Å². The first-order valence-electron chi connectivity index (χ1n) is 15.7. The van der Waals surface area contributed by atoms with Crippen LogP contribution in [0.5, 0.6) is 0 Å². The molecule has 4 heterocycles. The Bertz CT molecular complexity index is 1300. The largest absolute Gasteiger partial charge is 0.375 e. The normalized spacial score (nSPS) is 27.9. The molecule has 3 N–H and O–H groups in total. The molecule has 1 aromatic carbocycles. The van der Waals surface area contributed by atoms with E-state index in [0.717, 1.165) is 80.9 Å². The van der Waals surface area contributed by atoms with Crippen molar-refractivity contribution in [1.29, 1.82) is 0 Å². The summed E-state index contributed by atoms with van der Waals surface area (Å²) in [5.74, 6) is 0.142. The lowest BCUT2D eigenvalue weighted by Gasteiger charge is -2.38. The summed E-state index contributed by atoms with van der Waals surface area (Å²) in [7, 11) is 1.77. The van der Waals surface area contributed by atoms with Crippen LogP contribution < -0.4 is 16.7 Å². The van der Waals surface area contributed by atoms with Gasteiger partial charge in [-0.05, 0) is 75.3 Å². The van der Waals surface area contributed by atoms with Gasteiger partial charge in [-0.25, -0.2) is 4.79 Å². The first kappa shape index (κ1) is 28.6. The third kappa shape index (κ3) is 6.30. The van der Waals surface area contributed by atoms with Crippen LogP contribution in [0.2, 0.25) is 0 Å². The highest BCUT2D eigenvalue weighted by atomic mass is 16.5. The van der Waals surface area contributed by atoms with E-state index in [1.165, 1.54) is 32.2 Å². The van der Waals surface area contributed by atoms with Crippen molar-refractivity contribution in [1.82, 2.24) is 24.3 Å². The quantitative estimate of drug-likeness (QED) is 0.494. The van der Waals surface area contributed by atoms with Gasteiger partial charge in [0.05, 0.1) is 23.2 Å². The number of ether oxygens (including phenoxy) is 1. The fourth-order valence-electron chi connectivity index (χ4n) is 7.56. The minimum Gasteiger partial charge on any atom is -0.375 e. The lowest BCUT2D eigenvalue weighted by atomic mass is 9.86. The molecule has 4 fully saturated rings. The molecular weight excluding hydrogens is 520 g/mol. The molecule has 0 spiro atoms.